The van der Waals surface area contributed by atoms with Gasteiger partial charge in [0, 0.05) is 9.50 Å². The van der Waals surface area contributed by atoms with Gasteiger partial charge in [0.05, 0.1) is 10.6 Å². The molecule has 0 saturated heterocycles. The molecule has 0 radical (unpaired) electrons. The lowest BCUT2D eigenvalue weighted by atomic mass is 10.2. The van der Waals surface area contributed by atoms with Crippen LogP contribution in [-0.4, -0.2) is 28.4 Å². The summed E-state index contributed by atoms with van der Waals surface area (Å²) in [7, 11) is 0. The third-order valence-corrected chi connectivity index (χ3v) is 5.09. The molecule has 0 atom stereocenters. The Labute approximate surface area is 200 Å². The number of nitrogens with zero attached hydrogens (tertiary/aromatic N) is 2. The van der Waals surface area contributed by atoms with Crippen molar-refractivity contribution >= 4 is 68.3 Å². The second kappa shape index (κ2) is 10.8. The van der Waals surface area contributed by atoms with E-state index < -0.39 is 11.8 Å². The molecule has 0 aliphatic rings. The van der Waals surface area contributed by atoms with Crippen LogP contribution < -0.4 is 32.2 Å². The highest BCUT2D eigenvalue weighted by Crippen LogP contribution is 2.27. The van der Waals surface area contributed by atoms with Crippen molar-refractivity contribution in [3.05, 3.63) is 68.9 Å². The lowest BCUT2D eigenvalue weighted by Gasteiger charge is -2.14. The minimum absolute atomic E-state index is 0.0573. The second-order valence-corrected chi connectivity index (χ2v) is 7.78. The first-order chi connectivity index (χ1) is 15.3. The summed E-state index contributed by atoms with van der Waals surface area (Å²) in [5, 5.41) is 0.725. The zero-order chi connectivity index (χ0) is 23.1. The van der Waals surface area contributed by atoms with Gasteiger partial charge in [-0.05, 0) is 46.3 Å². The van der Waals surface area contributed by atoms with Crippen LogP contribution in [0.5, 0.6) is 5.75 Å². The Balaban J connectivity index is 1.54. The van der Waals surface area contributed by atoms with Crippen molar-refractivity contribution in [2.75, 3.05) is 23.2 Å². The number of nitrogens with two attached hydrogens (primary N) is 1. The standard InChI is InChI=1S/C19H16BrCl2N7O3/c20-12-4-2-1-3-11(12)19(31)29-28-18-16(23)17(24-9-25-18)27-26-15(30)8-32-14-6-5-10(21)7-13(14)22/h1-7,9H,8,23H2,(H,26,30)(H,29,31)(H2,24,25,27,28). The van der Waals surface area contributed by atoms with Gasteiger partial charge in [-0.25, -0.2) is 9.97 Å². The lowest BCUT2D eigenvalue weighted by Crippen LogP contribution is -2.35. The number of benzene rings is 2. The first-order valence-corrected chi connectivity index (χ1v) is 10.4. The Morgan fingerprint density at radius 2 is 1.72 bits per heavy atom. The van der Waals surface area contributed by atoms with Gasteiger partial charge in [0.2, 0.25) is 0 Å². The molecule has 0 fully saturated rings. The SMILES string of the molecule is Nc1c(NNC(=O)COc2ccc(Cl)cc2Cl)ncnc1NNC(=O)c1ccccc1Br. The van der Waals surface area contributed by atoms with E-state index in [0.29, 0.717) is 20.8 Å². The molecule has 13 heteroatoms. The van der Waals surface area contributed by atoms with Gasteiger partial charge in [0.25, 0.3) is 11.8 Å². The van der Waals surface area contributed by atoms with Gasteiger partial charge in [0.15, 0.2) is 18.2 Å². The summed E-state index contributed by atoms with van der Waals surface area (Å²) in [4.78, 5) is 32.3. The van der Waals surface area contributed by atoms with Gasteiger partial charge in [-0.1, -0.05) is 35.3 Å². The fourth-order valence-electron chi connectivity index (χ4n) is 2.32. The third-order valence-electron chi connectivity index (χ3n) is 3.87. The number of hydrogen-bond acceptors (Lipinski definition) is 8. The van der Waals surface area contributed by atoms with Crippen molar-refractivity contribution in [1.29, 1.82) is 0 Å². The maximum absolute atomic E-state index is 12.3. The van der Waals surface area contributed by atoms with Gasteiger partial charge in [-0.3, -0.25) is 31.3 Å². The van der Waals surface area contributed by atoms with Crippen molar-refractivity contribution in [2.24, 2.45) is 0 Å². The molecule has 6 N–H and O–H groups in total. The molecule has 2 aromatic carbocycles. The molecule has 1 heterocycles. The number of aromatic nitrogens is 2. The Morgan fingerprint density at radius 3 is 2.41 bits per heavy atom. The molecule has 0 unspecified atom stereocenters. The summed E-state index contributed by atoms with van der Waals surface area (Å²) < 4.78 is 5.97. The molecule has 0 bridgehead atoms. The summed E-state index contributed by atoms with van der Waals surface area (Å²) in [5.41, 5.74) is 16.6. The monoisotopic (exact) mass is 539 g/mol. The zero-order valence-corrected chi connectivity index (χ0v) is 19.3. The molecule has 0 aliphatic heterocycles. The molecule has 166 valence electrons. The number of ether oxygens (including phenoxy) is 1. The van der Waals surface area contributed by atoms with Gasteiger partial charge in [0.1, 0.15) is 17.8 Å². The van der Waals surface area contributed by atoms with E-state index in [1.807, 2.05) is 0 Å². The van der Waals surface area contributed by atoms with Crippen LogP contribution in [0, 0.1) is 0 Å². The Morgan fingerprint density at radius 1 is 1.03 bits per heavy atom. The Bertz CT molecular complexity index is 1150. The van der Waals surface area contributed by atoms with E-state index in [-0.39, 0.29) is 29.0 Å². The minimum Gasteiger partial charge on any atom is -0.482 e. The fourth-order valence-corrected chi connectivity index (χ4v) is 3.25. The average molecular weight is 541 g/mol. The molecule has 32 heavy (non-hydrogen) atoms. The largest absolute Gasteiger partial charge is 0.482 e. The number of hydrazine groups is 2. The van der Waals surface area contributed by atoms with Crippen LogP contribution in [0.1, 0.15) is 10.4 Å². The molecule has 2 amide bonds. The zero-order valence-electron chi connectivity index (χ0n) is 16.2. The highest BCUT2D eigenvalue weighted by Gasteiger charge is 2.13. The molecule has 3 rings (SSSR count). The van der Waals surface area contributed by atoms with Gasteiger partial charge in [-0.2, -0.15) is 0 Å². The number of hydrogen-bond donors (Lipinski definition) is 5. The maximum Gasteiger partial charge on any atom is 0.276 e. The number of rotatable bonds is 8. The van der Waals surface area contributed by atoms with E-state index in [2.05, 4.69) is 47.6 Å². The first-order valence-electron chi connectivity index (χ1n) is 8.89. The van der Waals surface area contributed by atoms with Crippen molar-refractivity contribution < 1.29 is 14.3 Å². The van der Waals surface area contributed by atoms with Crippen LogP contribution >= 0.6 is 39.1 Å². The number of carbonyl (C=O) groups is 2. The summed E-state index contributed by atoms with van der Waals surface area (Å²) in [5.74, 6) is -0.390. The van der Waals surface area contributed by atoms with Crippen LogP contribution in [0.15, 0.2) is 53.3 Å². The summed E-state index contributed by atoms with van der Waals surface area (Å²) in [6.45, 7) is -0.327. The highest BCUT2D eigenvalue weighted by molar-refractivity contribution is 9.10. The minimum atomic E-state index is -0.522. The molecule has 0 saturated carbocycles. The van der Waals surface area contributed by atoms with E-state index in [9.17, 15) is 9.59 Å². The molecule has 10 nitrogen and oxygen atoms in total. The quantitative estimate of drug-likeness (QED) is 0.273. The van der Waals surface area contributed by atoms with E-state index in [1.165, 1.54) is 12.4 Å². The van der Waals surface area contributed by atoms with E-state index in [0.717, 1.165) is 0 Å². The molecule has 0 spiro atoms. The molecular weight excluding hydrogens is 525 g/mol. The van der Waals surface area contributed by atoms with Crippen LogP contribution in [-0.2, 0) is 4.79 Å². The Hall–Kier alpha value is -3.28. The van der Waals surface area contributed by atoms with Crippen LogP contribution in [0.3, 0.4) is 0 Å². The van der Waals surface area contributed by atoms with E-state index >= 15 is 0 Å². The number of amides is 2. The number of anilines is 3. The summed E-state index contributed by atoms with van der Waals surface area (Å²) in [6, 6.07) is 11.5. The van der Waals surface area contributed by atoms with Crippen molar-refractivity contribution in [2.45, 2.75) is 0 Å². The van der Waals surface area contributed by atoms with Crippen molar-refractivity contribution in [1.82, 2.24) is 20.8 Å². The van der Waals surface area contributed by atoms with Crippen LogP contribution in [0.4, 0.5) is 17.3 Å². The van der Waals surface area contributed by atoms with Crippen LogP contribution in [0.2, 0.25) is 10.0 Å². The molecule has 1 aromatic heterocycles. The fraction of sp³-hybridized carbons (Fsp3) is 0.0526. The normalized spacial score (nSPS) is 10.2. The smallest absolute Gasteiger partial charge is 0.276 e. The van der Waals surface area contributed by atoms with Crippen molar-refractivity contribution in [3.8, 4) is 5.75 Å². The molecule has 0 aliphatic carbocycles. The predicted molar refractivity (Wildman–Crippen MR) is 125 cm³/mol. The summed E-state index contributed by atoms with van der Waals surface area (Å²) >= 11 is 15.1. The Kier molecular flexibility index (Phi) is 7.92. The average Bonchev–Trinajstić information content (AvgIpc) is 2.77. The molecular formula is C19H16BrCl2N7O3. The number of halogens is 3. The maximum atomic E-state index is 12.3. The highest BCUT2D eigenvalue weighted by atomic mass is 79.9. The number of nitrogen functional groups attached to an aromatic ring is 1. The number of nitrogens with one attached hydrogen (secondary N) is 4. The topological polar surface area (TPSA) is 143 Å². The number of carbonyl (C=O) groups excluding carboxylic acids is 2. The van der Waals surface area contributed by atoms with Gasteiger partial charge >= 0.3 is 0 Å². The van der Waals surface area contributed by atoms with E-state index in [1.54, 1.807) is 36.4 Å². The third kappa shape index (κ3) is 6.13. The van der Waals surface area contributed by atoms with Crippen LogP contribution in [0.25, 0.3) is 0 Å². The first kappa shape index (κ1) is 23.4. The second-order valence-electron chi connectivity index (χ2n) is 6.08. The molecule has 3 aromatic rings. The predicted octanol–water partition coefficient (Wildman–Crippen LogP) is 3.41. The van der Waals surface area contributed by atoms with Gasteiger partial charge in [-0.15, -0.1) is 0 Å². The summed E-state index contributed by atoms with van der Waals surface area (Å²) in [6.07, 6.45) is 1.20. The van der Waals surface area contributed by atoms with Gasteiger partial charge < -0.3 is 10.5 Å². The van der Waals surface area contributed by atoms with Crippen molar-refractivity contribution in [3.63, 3.8) is 0 Å². The lowest BCUT2D eigenvalue weighted by molar-refractivity contribution is -0.122. The van der Waals surface area contributed by atoms with E-state index in [4.69, 9.17) is 33.7 Å².